The summed E-state index contributed by atoms with van der Waals surface area (Å²) in [6, 6.07) is 5.01. The third kappa shape index (κ3) is 5.61. The fourth-order valence-electron chi connectivity index (χ4n) is 1.06. The minimum absolute atomic E-state index is 0.178. The maximum Gasteiger partial charge on any atom is 0.522 e. The molecule has 2 nitrogen and oxygen atoms in total. The molecule has 0 atom stereocenters. The van der Waals surface area contributed by atoms with E-state index in [-0.39, 0.29) is 12.5 Å². The van der Waals surface area contributed by atoms with E-state index in [1.807, 2.05) is 0 Å². The molecule has 0 spiro atoms. The molecule has 0 radical (unpaired) electrons. The van der Waals surface area contributed by atoms with Crippen LogP contribution in [0.15, 0.2) is 22.7 Å². The van der Waals surface area contributed by atoms with Gasteiger partial charge in [-0.25, -0.2) is 0 Å². The lowest BCUT2D eigenvalue weighted by Crippen LogP contribution is -2.18. The van der Waals surface area contributed by atoms with Gasteiger partial charge in [0.2, 0.25) is 0 Å². The van der Waals surface area contributed by atoms with Crippen LogP contribution in [0.1, 0.15) is 5.56 Å². The molecule has 1 rings (SSSR count). The van der Waals surface area contributed by atoms with Crippen molar-refractivity contribution >= 4 is 27.5 Å². The first kappa shape index (κ1) is 14.6. The molecule has 0 unspecified atom stereocenters. The third-order valence-electron chi connectivity index (χ3n) is 1.78. The maximum absolute atomic E-state index is 11.7. The molecule has 7 heteroatoms. The summed E-state index contributed by atoms with van der Waals surface area (Å²) in [6.07, 6.45) is -4.62. The molecule has 17 heavy (non-hydrogen) atoms. The molecule has 0 N–H and O–H groups in total. The zero-order valence-electron chi connectivity index (χ0n) is 8.56. The van der Waals surface area contributed by atoms with E-state index in [0.717, 1.165) is 10.0 Å². The Bertz CT molecular complexity index is 371. The van der Waals surface area contributed by atoms with Crippen molar-refractivity contribution in [3.63, 3.8) is 0 Å². The number of rotatable bonds is 5. The van der Waals surface area contributed by atoms with Gasteiger partial charge in [-0.1, -0.05) is 15.9 Å². The van der Waals surface area contributed by atoms with Gasteiger partial charge in [-0.15, -0.1) is 24.8 Å². The van der Waals surface area contributed by atoms with E-state index in [0.29, 0.717) is 5.75 Å². The molecule has 1 aromatic rings. The van der Waals surface area contributed by atoms with Crippen molar-refractivity contribution in [2.24, 2.45) is 0 Å². The minimum atomic E-state index is -4.62. The third-order valence-corrected chi connectivity index (χ3v) is 2.84. The van der Waals surface area contributed by atoms with Gasteiger partial charge in [0.25, 0.3) is 0 Å². The lowest BCUT2D eigenvalue weighted by molar-refractivity contribution is -0.325. The molecule has 0 saturated carbocycles. The largest absolute Gasteiger partial charge is 0.522 e. The maximum atomic E-state index is 11.7. The number of hydrogen-bond acceptors (Lipinski definition) is 2. The highest BCUT2D eigenvalue weighted by atomic mass is 79.9. The molecule has 0 fully saturated rings. The van der Waals surface area contributed by atoms with Crippen LogP contribution in [0.4, 0.5) is 13.2 Å². The van der Waals surface area contributed by atoms with Crippen LogP contribution in [-0.2, 0) is 10.6 Å². The van der Waals surface area contributed by atoms with E-state index in [4.69, 9.17) is 16.3 Å². The highest BCUT2D eigenvalue weighted by Crippen LogP contribution is 2.24. The highest BCUT2D eigenvalue weighted by molar-refractivity contribution is 9.10. The van der Waals surface area contributed by atoms with Gasteiger partial charge in [-0.3, -0.25) is 4.74 Å². The standard InChI is InChI=1S/C10H9BrClF3O2/c11-9-2-1-8(5-7(9)6-12)16-3-4-17-10(13,14)15/h1-2,5H,3-4,6H2. The lowest BCUT2D eigenvalue weighted by atomic mass is 10.2. The first-order valence-corrected chi connectivity index (χ1v) is 5.93. The molecule has 0 aliphatic carbocycles. The Balaban J connectivity index is 2.42. The van der Waals surface area contributed by atoms with Crippen molar-refractivity contribution in [3.05, 3.63) is 28.2 Å². The first-order valence-electron chi connectivity index (χ1n) is 4.60. The predicted octanol–water partition coefficient (Wildman–Crippen LogP) is 4.10. The van der Waals surface area contributed by atoms with E-state index < -0.39 is 13.0 Å². The highest BCUT2D eigenvalue weighted by Gasteiger charge is 2.28. The summed E-state index contributed by atoms with van der Waals surface area (Å²) in [4.78, 5) is 0. The summed E-state index contributed by atoms with van der Waals surface area (Å²) in [5.41, 5.74) is 0.806. The Morgan fingerprint density at radius 1 is 1.24 bits per heavy atom. The summed E-state index contributed by atoms with van der Waals surface area (Å²) in [6.45, 7) is -0.724. The smallest absolute Gasteiger partial charge is 0.491 e. The van der Waals surface area contributed by atoms with E-state index >= 15 is 0 Å². The van der Waals surface area contributed by atoms with Crippen molar-refractivity contribution in [2.45, 2.75) is 12.2 Å². The summed E-state index contributed by atoms with van der Waals surface area (Å²) in [7, 11) is 0. The van der Waals surface area contributed by atoms with Crippen LogP contribution in [0.2, 0.25) is 0 Å². The van der Waals surface area contributed by atoms with E-state index in [9.17, 15) is 13.2 Å². The fraction of sp³-hybridized carbons (Fsp3) is 0.400. The van der Waals surface area contributed by atoms with Gasteiger partial charge < -0.3 is 4.74 Å². The summed E-state index contributed by atoms with van der Waals surface area (Å²) in [5, 5.41) is 0. The topological polar surface area (TPSA) is 18.5 Å². The summed E-state index contributed by atoms with van der Waals surface area (Å²) >= 11 is 8.95. The van der Waals surface area contributed by atoms with Gasteiger partial charge in [0.1, 0.15) is 12.4 Å². The van der Waals surface area contributed by atoms with E-state index in [1.165, 1.54) is 0 Å². The average molecular weight is 334 g/mol. The number of alkyl halides is 4. The van der Waals surface area contributed by atoms with Gasteiger partial charge in [0, 0.05) is 10.4 Å². The molecule has 0 aliphatic rings. The monoisotopic (exact) mass is 332 g/mol. The van der Waals surface area contributed by atoms with Crippen molar-refractivity contribution in [2.75, 3.05) is 13.2 Å². The predicted molar refractivity (Wildman–Crippen MR) is 61.2 cm³/mol. The molecule has 0 aliphatic heterocycles. The second-order valence-corrected chi connectivity index (χ2v) is 4.15. The van der Waals surface area contributed by atoms with Gasteiger partial charge in [-0.2, -0.15) is 0 Å². The molecule has 96 valence electrons. The normalized spacial score (nSPS) is 11.6. The number of halogens is 5. The molecule has 0 aromatic heterocycles. The van der Waals surface area contributed by atoms with E-state index in [2.05, 4.69) is 20.7 Å². The van der Waals surface area contributed by atoms with E-state index in [1.54, 1.807) is 18.2 Å². The zero-order chi connectivity index (χ0) is 12.9. The molecular weight excluding hydrogens is 324 g/mol. The number of benzene rings is 1. The minimum Gasteiger partial charge on any atom is -0.491 e. The number of hydrogen-bond donors (Lipinski definition) is 0. The second-order valence-electron chi connectivity index (χ2n) is 3.03. The average Bonchev–Trinajstić information content (AvgIpc) is 2.25. The van der Waals surface area contributed by atoms with Crippen LogP contribution in [-0.4, -0.2) is 19.6 Å². The first-order chi connectivity index (χ1) is 7.92. The SMILES string of the molecule is FC(F)(F)OCCOc1ccc(Br)c(CCl)c1. The zero-order valence-corrected chi connectivity index (χ0v) is 10.9. The van der Waals surface area contributed by atoms with Crippen molar-refractivity contribution in [1.82, 2.24) is 0 Å². The van der Waals surface area contributed by atoms with Crippen LogP contribution < -0.4 is 4.74 Å². The fourth-order valence-corrected chi connectivity index (χ4v) is 1.83. The van der Waals surface area contributed by atoms with Crippen LogP contribution in [0, 0.1) is 0 Å². The van der Waals surface area contributed by atoms with Crippen LogP contribution >= 0.6 is 27.5 Å². The van der Waals surface area contributed by atoms with Gasteiger partial charge >= 0.3 is 6.36 Å². The molecular formula is C10H9BrClF3O2. The van der Waals surface area contributed by atoms with Gasteiger partial charge in [-0.05, 0) is 23.8 Å². The number of ether oxygens (including phenoxy) is 2. The molecule has 1 aromatic carbocycles. The summed E-state index contributed by atoms with van der Waals surface area (Å²) in [5.74, 6) is 0.742. The Hall–Kier alpha value is -0.460. The Morgan fingerprint density at radius 3 is 2.53 bits per heavy atom. The molecule has 0 amide bonds. The second kappa shape index (κ2) is 6.47. The Morgan fingerprint density at radius 2 is 1.94 bits per heavy atom. The lowest BCUT2D eigenvalue weighted by Gasteiger charge is -2.10. The van der Waals surface area contributed by atoms with Gasteiger partial charge in [0.05, 0.1) is 6.61 Å². The Kier molecular flexibility index (Phi) is 5.55. The molecule has 0 saturated heterocycles. The van der Waals surface area contributed by atoms with Crippen LogP contribution in [0.25, 0.3) is 0 Å². The van der Waals surface area contributed by atoms with Crippen molar-refractivity contribution < 1.29 is 22.6 Å². The van der Waals surface area contributed by atoms with Crippen LogP contribution in [0.5, 0.6) is 5.75 Å². The summed E-state index contributed by atoms with van der Waals surface area (Å²) < 4.78 is 44.4. The molecule has 0 heterocycles. The van der Waals surface area contributed by atoms with Crippen LogP contribution in [0.3, 0.4) is 0 Å². The molecule has 0 bridgehead atoms. The Labute approximate surface area is 110 Å². The van der Waals surface area contributed by atoms with Crippen molar-refractivity contribution in [1.29, 1.82) is 0 Å². The van der Waals surface area contributed by atoms with Gasteiger partial charge in [0.15, 0.2) is 0 Å². The van der Waals surface area contributed by atoms with Crippen molar-refractivity contribution in [3.8, 4) is 5.75 Å². The quantitative estimate of drug-likeness (QED) is 0.596.